The Kier molecular flexibility index (Phi) is 7.90. The fourth-order valence-electron chi connectivity index (χ4n) is 3.06. The van der Waals surface area contributed by atoms with E-state index in [2.05, 4.69) is 9.88 Å². The van der Waals surface area contributed by atoms with Gasteiger partial charge in [0.15, 0.2) is 0 Å². The van der Waals surface area contributed by atoms with Crippen LogP contribution in [0.25, 0.3) is 0 Å². The van der Waals surface area contributed by atoms with Crippen LogP contribution in [-0.4, -0.2) is 69.7 Å². The number of benzene rings is 1. The summed E-state index contributed by atoms with van der Waals surface area (Å²) in [5, 5.41) is 0. The number of hydrogen-bond donors (Lipinski definition) is 1. The Morgan fingerprint density at radius 2 is 1.96 bits per heavy atom. The first kappa shape index (κ1) is 20.4. The van der Waals surface area contributed by atoms with Crippen molar-refractivity contribution in [2.24, 2.45) is 0 Å². The van der Waals surface area contributed by atoms with E-state index in [1.165, 1.54) is 0 Å². The molecular formula is C21H29N3O4. The molecule has 1 aliphatic heterocycles. The molecule has 0 unspecified atom stereocenters. The van der Waals surface area contributed by atoms with E-state index in [-0.39, 0.29) is 0 Å². The summed E-state index contributed by atoms with van der Waals surface area (Å²) >= 11 is 0. The van der Waals surface area contributed by atoms with Crippen molar-refractivity contribution in [3.05, 3.63) is 47.7 Å². The fourth-order valence-corrected chi connectivity index (χ4v) is 3.06. The highest BCUT2D eigenvalue weighted by atomic mass is 16.5. The zero-order chi connectivity index (χ0) is 19.6. The van der Waals surface area contributed by atoms with E-state index in [9.17, 15) is 0 Å². The maximum Gasteiger partial charge on any atom is 0.138 e. The third-order valence-corrected chi connectivity index (χ3v) is 4.66. The van der Waals surface area contributed by atoms with Crippen LogP contribution in [0, 0.1) is 0 Å². The van der Waals surface area contributed by atoms with E-state index in [0.717, 1.165) is 49.7 Å². The minimum atomic E-state index is 0.479. The average molecular weight is 387 g/mol. The van der Waals surface area contributed by atoms with Gasteiger partial charge in [-0.1, -0.05) is 12.1 Å². The molecule has 0 spiro atoms. The molecule has 2 N–H and O–H groups in total. The topological polar surface area (TPSA) is 79.1 Å². The summed E-state index contributed by atoms with van der Waals surface area (Å²) in [6.45, 7) is 6.23. The number of hydrogen-bond acceptors (Lipinski definition) is 7. The molecule has 1 saturated heterocycles. The fraction of sp³-hybridized carbons (Fsp3) is 0.476. The first-order valence-electron chi connectivity index (χ1n) is 9.62. The van der Waals surface area contributed by atoms with Crippen LogP contribution < -0.4 is 15.2 Å². The van der Waals surface area contributed by atoms with Gasteiger partial charge in [0, 0.05) is 31.6 Å². The molecule has 28 heavy (non-hydrogen) atoms. The highest BCUT2D eigenvalue weighted by Gasteiger charge is 2.09. The molecule has 2 heterocycles. The molecular weight excluding hydrogens is 358 g/mol. The van der Waals surface area contributed by atoms with Crippen LogP contribution in [0.5, 0.6) is 11.5 Å². The lowest BCUT2D eigenvalue weighted by Crippen LogP contribution is -2.38. The summed E-state index contributed by atoms with van der Waals surface area (Å²) in [5.41, 5.74) is 8.07. The second kappa shape index (κ2) is 10.8. The molecule has 7 heteroatoms. The molecule has 0 amide bonds. The highest BCUT2D eigenvalue weighted by molar-refractivity contribution is 5.46. The minimum absolute atomic E-state index is 0.479. The van der Waals surface area contributed by atoms with Crippen molar-refractivity contribution in [3.8, 4) is 11.5 Å². The molecule has 0 radical (unpaired) electrons. The maximum atomic E-state index is 6.04. The molecule has 0 aliphatic carbocycles. The SMILES string of the molecule is COc1cccc(Cc2cc(OCCOCCN3CCOCC3)cnc2N)c1. The second-order valence-electron chi connectivity index (χ2n) is 6.66. The molecule has 3 rings (SSSR count). The average Bonchev–Trinajstić information content (AvgIpc) is 2.73. The van der Waals surface area contributed by atoms with Crippen LogP contribution in [0.3, 0.4) is 0 Å². The van der Waals surface area contributed by atoms with Gasteiger partial charge in [-0.05, 0) is 23.8 Å². The summed E-state index contributed by atoms with van der Waals surface area (Å²) in [4.78, 5) is 6.60. The summed E-state index contributed by atoms with van der Waals surface area (Å²) in [5.74, 6) is 2.03. The second-order valence-corrected chi connectivity index (χ2v) is 6.66. The third-order valence-electron chi connectivity index (χ3n) is 4.66. The molecule has 1 fully saturated rings. The van der Waals surface area contributed by atoms with E-state index in [1.807, 2.05) is 30.3 Å². The largest absolute Gasteiger partial charge is 0.497 e. The molecule has 0 atom stereocenters. The van der Waals surface area contributed by atoms with Gasteiger partial charge in [-0.15, -0.1) is 0 Å². The summed E-state index contributed by atoms with van der Waals surface area (Å²) in [7, 11) is 1.66. The summed E-state index contributed by atoms with van der Waals surface area (Å²) in [6.07, 6.45) is 2.32. The van der Waals surface area contributed by atoms with Crippen LogP contribution in [-0.2, 0) is 15.9 Å². The first-order chi connectivity index (χ1) is 13.7. The van der Waals surface area contributed by atoms with E-state index >= 15 is 0 Å². The molecule has 0 saturated carbocycles. The van der Waals surface area contributed by atoms with Gasteiger partial charge in [-0.25, -0.2) is 4.98 Å². The highest BCUT2D eigenvalue weighted by Crippen LogP contribution is 2.22. The Morgan fingerprint density at radius 1 is 1.11 bits per heavy atom. The molecule has 1 aliphatic rings. The Balaban J connectivity index is 1.42. The van der Waals surface area contributed by atoms with Gasteiger partial charge in [0.1, 0.15) is 23.9 Å². The van der Waals surface area contributed by atoms with Crippen LogP contribution in [0.15, 0.2) is 36.5 Å². The molecule has 152 valence electrons. The van der Waals surface area contributed by atoms with E-state index in [0.29, 0.717) is 37.8 Å². The maximum absolute atomic E-state index is 6.04. The molecule has 1 aromatic carbocycles. The van der Waals surface area contributed by atoms with Crippen LogP contribution in [0.2, 0.25) is 0 Å². The monoisotopic (exact) mass is 387 g/mol. The number of nitrogen functional groups attached to an aromatic ring is 1. The number of ether oxygens (including phenoxy) is 4. The zero-order valence-corrected chi connectivity index (χ0v) is 16.4. The quantitative estimate of drug-likeness (QED) is 0.625. The number of aromatic nitrogens is 1. The van der Waals surface area contributed by atoms with Crippen molar-refractivity contribution in [1.29, 1.82) is 0 Å². The number of nitrogens with two attached hydrogens (primary N) is 1. The summed E-state index contributed by atoms with van der Waals surface area (Å²) < 4.78 is 22.1. The van der Waals surface area contributed by atoms with E-state index in [1.54, 1.807) is 13.3 Å². The van der Waals surface area contributed by atoms with Crippen LogP contribution in [0.1, 0.15) is 11.1 Å². The number of morpholine rings is 1. The van der Waals surface area contributed by atoms with Gasteiger partial charge in [-0.2, -0.15) is 0 Å². The number of rotatable bonds is 10. The van der Waals surface area contributed by atoms with Gasteiger partial charge in [-0.3, -0.25) is 4.90 Å². The van der Waals surface area contributed by atoms with Gasteiger partial charge < -0.3 is 24.7 Å². The summed E-state index contributed by atoms with van der Waals surface area (Å²) in [6, 6.07) is 9.86. The Bertz CT molecular complexity index is 735. The lowest BCUT2D eigenvalue weighted by Gasteiger charge is -2.26. The van der Waals surface area contributed by atoms with Crippen molar-refractivity contribution >= 4 is 5.82 Å². The van der Waals surface area contributed by atoms with Crippen LogP contribution >= 0.6 is 0 Å². The first-order valence-corrected chi connectivity index (χ1v) is 9.62. The van der Waals surface area contributed by atoms with Gasteiger partial charge in [0.2, 0.25) is 0 Å². The van der Waals surface area contributed by atoms with Crippen molar-refractivity contribution in [2.75, 3.05) is 65.5 Å². The Morgan fingerprint density at radius 3 is 2.79 bits per heavy atom. The standard InChI is InChI=1S/C21H29N3O4/c1-25-19-4-2-3-17(14-19)13-18-15-20(16-23-21(18)22)28-12-11-27-10-7-24-5-8-26-9-6-24/h2-4,14-16H,5-13H2,1H3,(H2,22,23). The molecule has 7 nitrogen and oxygen atoms in total. The number of nitrogens with zero attached hydrogens (tertiary/aromatic N) is 2. The number of anilines is 1. The predicted octanol–water partition coefficient (Wildman–Crippen LogP) is 1.99. The molecule has 0 bridgehead atoms. The van der Waals surface area contributed by atoms with Gasteiger partial charge in [0.05, 0.1) is 39.7 Å². The smallest absolute Gasteiger partial charge is 0.138 e. The van der Waals surface area contributed by atoms with E-state index in [4.69, 9.17) is 24.7 Å². The van der Waals surface area contributed by atoms with Crippen molar-refractivity contribution < 1.29 is 18.9 Å². The molecule has 1 aromatic heterocycles. The van der Waals surface area contributed by atoms with Crippen molar-refractivity contribution in [1.82, 2.24) is 9.88 Å². The third kappa shape index (κ3) is 6.37. The lowest BCUT2D eigenvalue weighted by atomic mass is 10.1. The van der Waals surface area contributed by atoms with Crippen molar-refractivity contribution in [2.45, 2.75) is 6.42 Å². The Hall–Kier alpha value is -2.35. The number of methoxy groups -OCH3 is 1. The van der Waals surface area contributed by atoms with Gasteiger partial charge in [0.25, 0.3) is 0 Å². The number of pyridine rings is 1. The van der Waals surface area contributed by atoms with Gasteiger partial charge >= 0.3 is 0 Å². The van der Waals surface area contributed by atoms with Crippen molar-refractivity contribution in [3.63, 3.8) is 0 Å². The molecule has 2 aromatic rings. The van der Waals surface area contributed by atoms with E-state index < -0.39 is 0 Å². The zero-order valence-electron chi connectivity index (χ0n) is 16.4. The van der Waals surface area contributed by atoms with Crippen LogP contribution in [0.4, 0.5) is 5.82 Å². The minimum Gasteiger partial charge on any atom is -0.497 e. The normalized spacial score (nSPS) is 14.8. The predicted molar refractivity (Wildman–Crippen MR) is 108 cm³/mol. The lowest BCUT2D eigenvalue weighted by molar-refractivity contribution is 0.0170. The Labute approximate surface area is 166 Å².